The van der Waals surface area contributed by atoms with E-state index in [-0.39, 0.29) is 11.5 Å². The number of nitrogens with one attached hydrogen (secondary N) is 1. The predicted molar refractivity (Wildman–Crippen MR) is 65.9 cm³/mol. The number of halogens is 1. The molecule has 2 aromatic rings. The minimum Gasteiger partial charge on any atom is -0.394 e. The Morgan fingerprint density at radius 1 is 1.28 bits per heavy atom. The molecule has 1 unspecified atom stereocenters. The number of anilines is 1. The van der Waals surface area contributed by atoms with Gasteiger partial charge in [-0.15, -0.1) is 0 Å². The number of aromatic amines is 1. The minimum atomic E-state index is -0.747. The van der Waals surface area contributed by atoms with Crippen molar-refractivity contribution in [2.24, 2.45) is 0 Å². The average molecular weight is 249 g/mol. The molecule has 18 heavy (non-hydrogen) atoms. The molecule has 0 spiro atoms. The molecule has 0 amide bonds. The number of nitrogens with zero attached hydrogens (tertiary/aromatic N) is 1. The Morgan fingerprint density at radius 2 is 1.89 bits per heavy atom. The molecule has 1 aromatic heterocycles. The van der Waals surface area contributed by atoms with E-state index in [0.717, 1.165) is 4.68 Å². The highest BCUT2D eigenvalue weighted by Gasteiger charge is 2.12. The van der Waals surface area contributed by atoms with Crippen LogP contribution in [0.5, 0.6) is 0 Å². The van der Waals surface area contributed by atoms with E-state index in [4.69, 9.17) is 5.73 Å². The molecule has 0 aliphatic heterocycles. The van der Waals surface area contributed by atoms with E-state index in [0.29, 0.717) is 5.56 Å². The van der Waals surface area contributed by atoms with E-state index < -0.39 is 17.0 Å². The summed E-state index contributed by atoms with van der Waals surface area (Å²) in [5, 5.41) is 2.64. The number of aromatic nitrogens is 2. The number of benzene rings is 1. The smallest absolute Gasteiger partial charge is 0.315 e. The number of rotatable bonds is 2. The molecule has 94 valence electrons. The zero-order chi connectivity index (χ0) is 13.3. The highest BCUT2D eigenvalue weighted by molar-refractivity contribution is 5.32. The molecule has 0 fully saturated rings. The lowest BCUT2D eigenvalue weighted by Crippen LogP contribution is -2.38. The van der Waals surface area contributed by atoms with Gasteiger partial charge in [0.25, 0.3) is 5.43 Å². The Balaban J connectivity index is 2.50. The van der Waals surface area contributed by atoms with Gasteiger partial charge in [-0.2, -0.15) is 0 Å². The van der Waals surface area contributed by atoms with Crippen LogP contribution in [0.3, 0.4) is 0 Å². The molecule has 2 rings (SSSR count). The zero-order valence-electron chi connectivity index (χ0n) is 9.68. The van der Waals surface area contributed by atoms with Crippen LogP contribution in [0.1, 0.15) is 18.5 Å². The molecule has 1 heterocycles. The van der Waals surface area contributed by atoms with E-state index in [2.05, 4.69) is 5.10 Å². The second-order valence-corrected chi connectivity index (χ2v) is 3.96. The van der Waals surface area contributed by atoms with E-state index in [1.165, 1.54) is 18.3 Å². The molecule has 0 aliphatic carbocycles. The first-order valence-electron chi connectivity index (χ1n) is 5.36. The second-order valence-electron chi connectivity index (χ2n) is 3.96. The third-order valence-electron chi connectivity index (χ3n) is 2.77. The van der Waals surface area contributed by atoms with Gasteiger partial charge in [0.2, 0.25) is 0 Å². The van der Waals surface area contributed by atoms with Crippen LogP contribution in [0, 0.1) is 5.82 Å². The topological polar surface area (TPSA) is 80.9 Å². The maximum Gasteiger partial charge on any atom is 0.315 e. The maximum absolute atomic E-state index is 12.8. The molecule has 0 bridgehead atoms. The van der Waals surface area contributed by atoms with Gasteiger partial charge in [0.15, 0.2) is 0 Å². The van der Waals surface area contributed by atoms with Crippen LogP contribution in [0.2, 0.25) is 0 Å². The number of nitrogen functional groups attached to an aromatic ring is 1. The van der Waals surface area contributed by atoms with Crippen LogP contribution in [0.4, 0.5) is 10.1 Å². The Labute approximate surface area is 102 Å². The summed E-state index contributed by atoms with van der Waals surface area (Å²) in [5.41, 5.74) is 4.45. The molecule has 0 radical (unpaired) electrons. The van der Waals surface area contributed by atoms with Gasteiger partial charge in [-0.25, -0.2) is 9.07 Å². The summed E-state index contributed by atoms with van der Waals surface area (Å²) in [6.45, 7) is 1.72. The van der Waals surface area contributed by atoms with E-state index in [1.54, 1.807) is 19.1 Å². The van der Waals surface area contributed by atoms with Gasteiger partial charge in [-0.1, -0.05) is 12.1 Å². The monoisotopic (exact) mass is 249 g/mol. The summed E-state index contributed by atoms with van der Waals surface area (Å²) in [7, 11) is 0. The standard InChI is InChI=1S/C12H12FN3O2/c1-7(8-2-4-9(13)5-3-8)16-12(18)11(17)10(14)6-15-16/h2-7,15H,14H2,1H3. The average Bonchev–Trinajstić information content (AvgIpc) is 2.36. The Morgan fingerprint density at radius 3 is 2.50 bits per heavy atom. The number of H-pyrrole nitrogens is 1. The minimum absolute atomic E-state index is 0.123. The first kappa shape index (κ1) is 12.1. The van der Waals surface area contributed by atoms with Crippen molar-refractivity contribution in [2.75, 3.05) is 5.73 Å². The molecule has 0 aliphatic rings. The fraction of sp³-hybridized carbons (Fsp3) is 0.167. The first-order valence-corrected chi connectivity index (χ1v) is 5.36. The molecular weight excluding hydrogens is 237 g/mol. The summed E-state index contributed by atoms with van der Waals surface area (Å²) in [4.78, 5) is 23.2. The summed E-state index contributed by atoms with van der Waals surface area (Å²) in [6.07, 6.45) is 1.27. The van der Waals surface area contributed by atoms with Gasteiger partial charge in [-0.3, -0.25) is 9.59 Å². The second kappa shape index (κ2) is 4.48. The zero-order valence-corrected chi connectivity index (χ0v) is 9.68. The van der Waals surface area contributed by atoms with Gasteiger partial charge < -0.3 is 10.8 Å². The highest BCUT2D eigenvalue weighted by atomic mass is 19.1. The fourth-order valence-electron chi connectivity index (χ4n) is 1.67. The van der Waals surface area contributed by atoms with Crippen LogP contribution >= 0.6 is 0 Å². The third-order valence-corrected chi connectivity index (χ3v) is 2.77. The Bertz CT molecular complexity index is 673. The Kier molecular flexibility index (Phi) is 3.01. The summed E-state index contributed by atoms with van der Waals surface area (Å²) >= 11 is 0. The lowest BCUT2D eigenvalue weighted by Gasteiger charge is -2.15. The highest BCUT2D eigenvalue weighted by Crippen LogP contribution is 2.15. The number of hydrogen-bond acceptors (Lipinski definition) is 3. The van der Waals surface area contributed by atoms with E-state index >= 15 is 0 Å². The molecule has 0 saturated carbocycles. The van der Waals surface area contributed by atoms with Crippen LogP contribution in [-0.2, 0) is 0 Å². The van der Waals surface area contributed by atoms with Crippen molar-refractivity contribution in [1.29, 1.82) is 0 Å². The lowest BCUT2D eigenvalue weighted by atomic mass is 10.1. The van der Waals surface area contributed by atoms with Gasteiger partial charge in [0.1, 0.15) is 11.5 Å². The number of hydrogen-bond donors (Lipinski definition) is 2. The molecule has 1 atom stereocenters. The summed E-state index contributed by atoms with van der Waals surface area (Å²) in [6, 6.07) is 5.30. The van der Waals surface area contributed by atoms with Gasteiger partial charge in [-0.05, 0) is 24.6 Å². The third kappa shape index (κ3) is 2.04. The van der Waals surface area contributed by atoms with E-state index in [9.17, 15) is 14.0 Å². The van der Waals surface area contributed by atoms with Crippen molar-refractivity contribution >= 4 is 5.69 Å². The van der Waals surface area contributed by atoms with Crippen LogP contribution in [0.15, 0.2) is 40.1 Å². The van der Waals surface area contributed by atoms with Crippen molar-refractivity contribution in [3.63, 3.8) is 0 Å². The molecule has 0 saturated heterocycles. The van der Waals surface area contributed by atoms with Crippen molar-refractivity contribution in [2.45, 2.75) is 13.0 Å². The first-order chi connectivity index (χ1) is 8.50. The quantitative estimate of drug-likeness (QED) is 0.775. The largest absolute Gasteiger partial charge is 0.394 e. The van der Waals surface area contributed by atoms with E-state index in [1.807, 2.05) is 0 Å². The van der Waals surface area contributed by atoms with Gasteiger partial charge >= 0.3 is 5.56 Å². The van der Waals surface area contributed by atoms with Crippen molar-refractivity contribution in [3.05, 3.63) is 62.4 Å². The fourth-order valence-corrected chi connectivity index (χ4v) is 1.67. The summed E-state index contributed by atoms with van der Waals surface area (Å²) < 4.78 is 14.0. The normalized spacial score (nSPS) is 12.3. The number of nitrogens with two attached hydrogens (primary N) is 1. The molecule has 5 nitrogen and oxygen atoms in total. The van der Waals surface area contributed by atoms with Crippen LogP contribution in [-0.4, -0.2) is 9.78 Å². The van der Waals surface area contributed by atoms with Crippen LogP contribution < -0.4 is 16.7 Å². The lowest BCUT2D eigenvalue weighted by molar-refractivity contribution is 0.527. The summed E-state index contributed by atoms with van der Waals surface area (Å²) in [5.74, 6) is -0.357. The molecule has 1 aromatic carbocycles. The molecular formula is C12H12FN3O2. The van der Waals surface area contributed by atoms with Crippen molar-refractivity contribution in [1.82, 2.24) is 9.78 Å². The van der Waals surface area contributed by atoms with Crippen molar-refractivity contribution in [3.8, 4) is 0 Å². The maximum atomic E-state index is 12.8. The van der Waals surface area contributed by atoms with Crippen LogP contribution in [0.25, 0.3) is 0 Å². The van der Waals surface area contributed by atoms with Crippen molar-refractivity contribution < 1.29 is 4.39 Å². The Hall–Kier alpha value is -2.37. The SMILES string of the molecule is CC(c1ccc(F)cc1)n1[nH]cc(N)c(=O)c1=O. The van der Waals surface area contributed by atoms with Gasteiger partial charge in [0.05, 0.1) is 6.04 Å². The predicted octanol–water partition coefficient (Wildman–Crippen LogP) is 0.867. The van der Waals surface area contributed by atoms with Gasteiger partial charge in [0, 0.05) is 6.20 Å². The molecule has 3 N–H and O–H groups in total. The molecule has 6 heteroatoms.